The van der Waals surface area contributed by atoms with Gasteiger partial charge in [0.25, 0.3) is 28.6 Å². The van der Waals surface area contributed by atoms with Gasteiger partial charge in [-0.3, -0.25) is 9.59 Å². The molecule has 0 atom stereocenters. The second-order valence-corrected chi connectivity index (χ2v) is 18.4. The molecule has 0 amide bonds. The molecule has 0 rings (SSSR count). The lowest BCUT2D eigenvalue weighted by Crippen LogP contribution is -2.48. The maximum Gasteiger partial charge on any atom is 0.289 e. The van der Waals surface area contributed by atoms with E-state index >= 15 is 0 Å². The van der Waals surface area contributed by atoms with E-state index in [1.807, 2.05) is 0 Å². The van der Waals surface area contributed by atoms with Crippen LogP contribution in [0.4, 0.5) is 0 Å². The second kappa shape index (κ2) is 9.90. The highest BCUT2D eigenvalue weighted by atomic mass is 28.4. The molecule has 148 valence electrons. The van der Waals surface area contributed by atoms with Gasteiger partial charge in [-0.1, -0.05) is 61.8 Å². The normalized spacial score (nSPS) is 13.0. The maximum atomic E-state index is 11.7. The Bertz CT molecular complexity index is 389. The molecule has 0 radical (unpaired) electrons. The molecular formula is C19H40O4Si2. The van der Waals surface area contributed by atoms with Gasteiger partial charge in [0, 0.05) is 13.8 Å². The molecular weight excluding hydrogens is 348 g/mol. The first-order chi connectivity index (χ1) is 11.3. The van der Waals surface area contributed by atoms with E-state index in [2.05, 4.69) is 55.4 Å². The minimum atomic E-state index is -2.19. The van der Waals surface area contributed by atoms with E-state index in [1.54, 1.807) is 0 Å². The zero-order valence-corrected chi connectivity index (χ0v) is 20.1. The fourth-order valence-corrected chi connectivity index (χ4v) is 13.2. The highest BCUT2D eigenvalue weighted by Gasteiger charge is 2.48. The number of carbonyl (C=O) groups excluding carboxylic acids is 2. The predicted molar refractivity (Wildman–Crippen MR) is 110 cm³/mol. The van der Waals surface area contributed by atoms with Gasteiger partial charge in [0.05, 0.1) is 0 Å². The first-order valence-electron chi connectivity index (χ1n) is 9.71. The third kappa shape index (κ3) is 6.24. The summed E-state index contributed by atoms with van der Waals surface area (Å²) >= 11 is 0. The summed E-state index contributed by atoms with van der Waals surface area (Å²) in [5.74, 6) is -0.324. The molecule has 0 aliphatic carbocycles. The fraction of sp³-hybridized carbons (Fsp3) is 0.895. The fourth-order valence-electron chi connectivity index (χ4n) is 4.24. The van der Waals surface area contributed by atoms with Crippen molar-refractivity contribution in [2.24, 2.45) is 0 Å². The quantitative estimate of drug-likeness (QED) is 0.428. The number of rotatable bonds is 10. The summed E-state index contributed by atoms with van der Waals surface area (Å²) < 4.78 is 12.0. The van der Waals surface area contributed by atoms with Crippen LogP contribution in [0.15, 0.2) is 0 Å². The molecule has 0 saturated carbocycles. The van der Waals surface area contributed by atoms with Crippen LogP contribution in [-0.4, -0.2) is 28.6 Å². The zero-order valence-electron chi connectivity index (χ0n) is 18.1. The molecule has 0 aromatic carbocycles. The van der Waals surface area contributed by atoms with Crippen molar-refractivity contribution in [1.29, 1.82) is 0 Å². The Morgan fingerprint density at radius 1 is 0.640 bits per heavy atom. The van der Waals surface area contributed by atoms with E-state index < -0.39 is 16.6 Å². The Kier molecular flexibility index (Phi) is 9.65. The van der Waals surface area contributed by atoms with Crippen LogP contribution < -0.4 is 0 Å². The Morgan fingerprint density at radius 2 is 0.880 bits per heavy atom. The van der Waals surface area contributed by atoms with Gasteiger partial charge in [0.2, 0.25) is 0 Å². The van der Waals surface area contributed by atoms with E-state index in [4.69, 9.17) is 8.85 Å². The van der Waals surface area contributed by atoms with Crippen molar-refractivity contribution in [3.8, 4) is 0 Å². The van der Waals surface area contributed by atoms with Crippen LogP contribution in [0.3, 0.4) is 0 Å². The van der Waals surface area contributed by atoms with Crippen molar-refractivity contribution >= 4 is 28.6 Å². The second-order valence-electron chi connectivity index (χ2n) is 8.57. The van der Waals surface area contributed by atoms with Gasteiger partial charge >= 0.3 is 0 Å². The van der Waals surface area contributed by atoms with Crippen LogP contribution >= 0.6 is 0 Å². The molecule has 4 nitrogen and oxygen atoms in total. The first kappa shape index (κ1) is 24.4. The van der Waals surface area contributed by atoms with Crippen LogP contribution in [0.5, 0.6) is 0 Å². The number of hydrogen-bond donors (Lipinski definition) is 0. The molecule has 0 heterocycles. The lowest BCUT2D eigenvalue weighted by atomic mass is 10.5. The van der Waals surface area contributed by atoms with Gasteiger partial charge in [0.1, 0.15) is 0 Å². The van der Waals surface area contributed by atoms with E-state index in [0.29, 0.717) is 22.2 Å². The average molecular weight is 389 g/mol. The molecule has 0 bridgehead atoms. The lowest BCUT2D eigenvalue weighted by Gasteiger charge is -2.41. The van der Waals surface area contributed by atoms with Crippen molar-refractivity contribution in [3.05, 3.63) is 0 Å². The van der Waals surface area contributed by atoms with Gasteiger partial charge in [-0.2, -0.15) is 0 Å². The Morgan fingerprint density at radius 3 is 1.04 bits per heavy atom. The van der Waals surface area contributed by atoms with Gasteiger partial charge in [-0.15, -0.1) is 0 Å². The molecule has 0 aliphatic rings. The monoisotopic (exact) mass is 388 g/mol. The van der Waals surface area contributed by atoms with E-state index in [0.717, 1.165) is 18.5 Å². The topological polar surface area (TPSA) is 52.6 Å². The van der Waals surface area contributed by atoms with Crippen LogP contribution in [0.2, 0.25) is 34.3 Å². The molecule has 25 heavy (non-hydrogen) atoms. The highest BCUT2D eigenvalue weighted by Crippen LogP contribution is 2.42. The molecule has 0 unspecified atom stereocenters. The van der Waals surface area contributed by atoms with Crippen molar-refractivity contribution in [2.75, 3.05) is 0 Å². The Labute approximate surface area is 157 Å². The van der Waals surface area contributed by atoms with Crippen molar-refractivity contribution in [3.63, 3.8) is 0 Å². The molecule has 6 heteroatoms. The first-order valence-corrected chi connectivity index (χ1v) is 14.2. The number of hydrogen-bond acceptors (Lipinski definition) is 4. The minimum Gasteiger partial charge on any atom is -0.519 e. The van der Waals surface area contributed by atoms with Gasteiger partial charge in [0.15, 0.2) is 0 Å². The molecule has 0 aromatic heterocycles. The van der Waals surface area contributed by atoms with Crippen molar-refractivity contribution in [1.82, 2.24) is 0 Å². The van der Waals surface area contributed by atoms with Crippen molar-refractivity contribution < 1.29 is 18.4 Å². The molecule has 0 saturated heterocycles. The zero-order chi connectivity index (χ0) is 20.0. The SMILES string of the molecule is CC(=O)O[Si](CCC[Si](OC(C)=O)(C(C)C)C(C)C)(C(C)C)C(C)C. The van der Waals surface area contributed by atoms with Gasteiger partial charge in [-0.25, -0.2) is 0 Å². The van der Waals surface area contributed by atoms with E-state index in [9.17, 15) is 9.59 Å². The van der Waals surface area contributed by atoms with Crippen LogP contribution in [0, 0.1) is 0 Å². The van der Waals surface area contributed by atoms with Crippen molar-refractivity contribution in [2.45, 2.75) is 110 Å². The van der Waals surface area contributed by atoms with E-state index in [1.165, 1.54) is 13.8 Å². The molecule has 0 N–H and O–H groups in total. The summed E-state index contributed by atoms with van der Waals surface area (Å²) in [5.41, 5.74) is 1.50. The smallest absolute Gasteiger partial charge is 0.289 e. The predicted octanol–water partition coefficient (Wildman–Crippen LogP) is 6.03. The summed E-state index contributed by atoms with van der Waals surface area (Å²) in [4.78, 5) is 23.5. The van der Waals surface area contributed by atoms with E-state index in [-0.39, 0.29) is 11.9 Å². The lowest BCUT2D eigenvalue weighted by molar-refractivity contribution is -0.134. The summed E-state index contributed by atoms with van der Waals surface area (Å²) in [6.07, 6.45) is 0.964. The summed E-state index contributed by atoms with van der Waals surface area (Å²) in [6, 6.07) is 1.88. The Hall–Kier alpha value is -0.626. The summed E-state index contributed by atoms with van der Waals surface area (Å²) in [7, 11) is -4.38. The number of carbonyl (C=O) groups is 2. The summed E-state index contributed by atoms with van der Waals surface area (Å²) in [5, 5.41) is 0. The molecule has 0 spiro atoms. The molecule has 0 aliphatic heterocycles. The van der Waals surface area contributed by atoms with Gasteiger partial charge < -0.3 is 8.85 Å². The minimum absolute atomic E-state index is 0.162. The molecule has 0 aromatic rings. The van der Waals surface area contributed by atoms with Crippen LogP contribution in [-0.2, 0) is 18.4 Å². The standard InChI is InChI=1S/C19H40O4Si2/c1-14(2)24(15(3)4,22-18(9)20)12-11-13-25(16(5)6,17(7)8)23-19(10)21/h14-17H,11-13H2,1-10H3. The van der Waals surface area contributed by atoms with Crippen LogP contribution in [0.1, 0.15) is 75.7 Å². The maximum absolute atomic E-state index is 11.7. The summed E-state index contributed by atoms with van der Waals surface area (Å²) in [6.45, 7) is 20.5. The largest absolute Gasteiger partial charge is 0.519 e. The van der Waals surface area contributed by atoms with Crippen LogP contribution in [0.25, 0.3) is 0 Å². The molecule has 0 fully saturated rings. The Balaban J connectivity index is 5.44. The third-order valence-corrected chi connectivity index (χ3v) is 17.1. The third-order valence-electron chi connectivity index (χ3n) is 5.71. The average Bonchev–Trinajstić information content (AvgIpc) is 2.42. The van der Waals surface area contributed by atoms with Gasteiger partial charge in [-0.05, 0) is 34.3 Å². The highest BCUT2D eigenvalue weighted by molar-refractivity contribution is 6.79.